The highest BCUT2D eigenvalue weighted by atomic mass is 16.1. The quantitative estimate of drug-likeness (QED) is 0.428. The third-order valence-electron chi connectivity index (χ3n) is 7.39. The van der Waals surface area contributed by atoms with Crippen LogP contribution in [0, 0.1) is 11.3 Å². The Morgan fingerprint density at radius 3 is 2.61 bits per heavy atom. The van der Waals surface area contributed by atoms with Gasteiger partial charge in [-0.2, -0.15) is 0 Å². The number of aromatic nitrogens is 4. The summed E-state index contributed by atoms with van der Waals surface area (Å²) in [7, 11) is 0. The highest BCUT2D eigenvalue weighted by molar-refractivity contribution is 5.91. The molecular weight excluding hydrogens is 450 g/mol. The van der Waals surface area contributed by atoms with Crippen LogP contribution in [0.1, 0.15) is 89.7 Å². The van der Waals surface area contributed by atoms with E-state index in [1.54, 1.807) is 10.6 Å². The maximum absolute atomic E-state index is 13.2. The number of carbonyl (C=O) groups is 1. The van der Waals surface area contributed by atoms with Crippen LogP contribution in [0.25, 0.3) is 23.0 Å². The second kappa shape index (κ2) is 10.8. The Morgan fingerprint density at radius 2 is 1.94 bits per heavy atom. The first-order valence-electron chi connectivity index (χ1n) is 13.3. The van der Waals surface area contributed by atoms with Crippen molar-refractivity contribution in [2.24, 2.45) is 11.3 Å². The van der Waals surface area contributed by atoms with Crippen molar-refractivity contribution in [2.45, 2.75) is 79.1 Å². The summed E-state index contributed by atoms with van der Waals surface area (Å²) in [5.74, 6) is 2.30. The summed E-state index contributed by atoms with van der Waals surface area (Å²) in [6.45, 7) is 11.7. The fourth-order valence-electron chi connectivity index (χ4n) is 5.22. The van der Waals surface area contributed by atoms with Crippen LogP contribution in [0.15, 0.2) is 35.1 Å². The summed E-state index contributed by atoms with van der Waals surface area (Å²) in [5.41, 5.74) is 3.16. The molecule has 3 aromatic rings. The molecule has 36 heavy (non-hydrogen) atoms. The molecule has 0 spiro atoms. The Balaban J connectivity index is 1.67. The van der Waals surface area contributed by atoms with Crippen molar-refractivity contribution in [1.29, 1.82) is 0 Å². The Morgan fingerprint density at radius 1 is 1.19 bits per heavy atom. The first-order valence-corrected chi connectivity index (χ1v) is 13.3. The molecule has 1 aliphatic carbocycles. The van der Waals surface area contributed by atoms with E-state index < -0.39 is 0 Å². The number of aromatic amines is 1. The van der Waals surface area contributed by atoms with Crippen molar-refractivity contribution >= 4 is 17.5 Å². The maximum Gasteiger partial charge on any atom is 0.277 e. The Labute approximate surface area is 213 Å². The van der Waals surface area contributed by atoms with E-state index in [0.29, 0.717) is 41.6 Å². The molecule has 0 radical (unpaired) electrons. The van der Waals surface area contributed by atoms with Crippen LogP contribution in [0.4, 0.5) is 0 Å². The fraction of sp³-hybridized carbons (Fsp3) is 0.517. The maximum atomic E-state index is 13.2. The number of rotatable bonds is 7. The van der Waals surface area contributed by atoms with Crippen molar-refractivity contribution in [3.05, 3.63) is 57.8 Å². The minimum absolute atomic E-state index is 0.119. The smallest absolute Gasteiger partial charge is 0.277 e. The van der Waals surface area contributed by atoms with Crippen LogP contribution in [0.3, 0.4) is 0 Å². The van der Waals surface area contributed by atoms with Crippen molar-refractivity contribution < 1.29 is 4.79 Å². The van der Waals surface area contributed by atoms with E-state index in [1.165, 1.54) is 18.9 Å². The van der Waals surface area contributed by atoms with Gasteiger partial charge in [0.05, 0.1) is 5.69 Å². The van der Waals surface area contributed by atoms with Crippen LogP contribution in [-0.2, 0) is 11.2 Å². The highest BCUT2D eigenvalue weighted by Crippen LogP contribution is 2.43. The van der Waals surface area contributed by atoms with Gasteiger partial charge < -0.3 is 10.3 Å². The van der Waals surface area contributed by atoms with Crippen LogP contribution in [-0.4, -0.2) is 32.0 Å². The zero-order valence-electron chi connectivity index (χ0n) is 22.2. The number of benzene rings is 1. The Hall–Kier alpha value is -3.22. The molecule has 1 fully saturated rings. The molecule has 7 nitrogen and oxygen atoms in total. The molecule has 0 saturated heterocycles. The topological polar surface area (TPSA) is 92.2 Å². The van der Waals surface area contributed by atoms with Gasteiger partial charge in [0.25, 0.3) is 5.56 Å². The Kier molecular flexibility index (Phi) is 7.76. The first-order chi connectivity index (χ1) is 17.2. The zero-order valence-corrected chi connectivity index (χ0v) is 22.2. The van der Waals surface area contributed by atoms with Gasteiger partial charge in [0.15, 0.2) is 11.3 Å². The van der Waals surface area contributed by atoms with Gasteiger partial charge in [-0.05, 0) is 67.6 Å². The van der Waals surface area contributed by atoms with Gasteiger partial charge in [-0.1, -0.05) is 52.8 Å². The number of nitrogens with one attached hydrogen (secondary N) is 2. The molecule has 1 aliphatic rings. The van der Waals surface area contributed by atoms with E-state index in [9.17, 15) is 9.59 Å². The molecule has 2 N–H and O–H groups in total. The summed E-state index contributed by atoms with van der Waals surface area (Å²) in [5, 5.41) is 7.73. The number of H-pyrrole nitrogens is 1. The summed E-state index contributed by atoms with van der Waals surface area (Å²) in [4.78, 5) is 33.1. The van der Waals surface area contributed by atoms with Gasteiger partial charge in [0, 0.05) is 24.1 Å². The number of amides is 1. The van der Waals surface area contributed by atoms with Crippen molar-refractivity contribution in [3.8, 4) is 11.4 Å². The standard InChI is InChI=1S/C29H39N5O2/c1-6-17-30-24(35)16-11-19-9-8-10-21(18-19)26-32-28(36)25-23(7-2)31-27(34(25)33-26)20-12-14-22(15-13-20)29(3,4)5/h8-11,16,18,20,22H,6-7,12-15,17H2,1-5H3,(H,30,35)(H,32,33,36)/b16-11+. The molecule has 0 atom stereocenters. The van der Waals surface area contributed by atoms with Crippen molar-refractivity contribution in [1.82, 2.24) is 24.9 Å². The second-order valence-electron chi connectivity index (χ2n) is 11.0. The lowest BCUT2D eigenvalue weighted by Gasteiger charge is -2.36. The minimum atomic E-state index is -0.168. The summed E-state index contributed by atoms with van der Waals surface area (Å²) in [6, 6.07) is 7.68. The number of nitrogens with zero attached hydrogens (tertiary/aromatic N) is 3. The number of imidazole rings is 1. The molecule has 0 unspecified atom stereocenters. The van der Waals surface area contributed by atoms with E-state index in [-0.39, 0.29) is 11.5 Å². The summed E-state index contributed by atoms with van der Waals surface area (Å²) in [6.07, 6.45) is 9.35. The first kappa shape index (κ1) is 25.9. The van der Waals surface area contributed by atoms with Crippen molar-refractivity contribution in [3.63, 3.8) is 0 Å². The van der Waals surface area contributed by atoms with Gasteiger partial charge in [0.2, 0.25) is 5.91 Å². The lowest BCUT2D eigenvalue weighted by atomic mass is 9.70. The summed E-state index contributed by atoms with van der Waals surface area (Å²) >= 11 is 0. The number of aryl methyl sites for hydroxylation is 1. The van der Waals surface area contributed by atoms with E-state index in [2.05, 4.69) is 31.1 Å². The van der Waals surface area contributed by atoms with E-state index in [0.717, 1.165) is 41.9 Å². The van der Waals surface area contributed by atoms with Gasteiger partial charge >= 0.3 is 0 Å². The third kappa shape index (κ3) is 5.61. The zero-order chi connectivity index (χ0) is 25.9. The monoisotopic (exact) mass is 489 g/mol. The van der Waals surface area contributed by atoms with E-state index >= 15 is 0 Å². The third-order valence-corrected chi connectivity index (χ3v) is 7.39. The number of carbonyl (C=O) groups excluding carboxylic acids is 1. The molecule has 2 aromatic heterocycles. The molecule has 1 amide bonds. The number of fused-ring (bicyclic) bond motifs is 1. The summed E-state index contributed by atoms with van der Waals surface area (Å²) < 4.78 is 1.80. The normalized spacial score (nSPS) is 18.7. The lowest BCUT2D eigenvalue weighted by molar-refractivity contribution is -0.116. The van der Waals surface area contributed by atoms with Crippen molar-refractivity contribution in [2.75, 3.05) is 6.54 Å². The van der Waals surface area contributed by atoms with Crippen LogP contribution in [0.2, 0.25) is 0 Å². The molecular formula is C29H39N5O2. The fourth-order valence-corrected chi connectivity index (χ4v) is 5.22. The molecule has 7 heteroatoms. The predicted octanol–water partition coefficient (Wildman–Crippen LogP) is 5.51. The molecule has 4 rings (SSSR count). The van der Waals surface area contributed by atoms with Crippen LogP contribution < -0.4 is 10.9 Å². The molecule has 1 aromatic carbocycles. The average molecular weight is 490 g/mol. The molecule has 0 bridgehead atoms. The van der Waals surface area contributed by atoms with Gasteiger partial charge in [-0.15, -0.1) is 5.10 Å². The van der Waals surface area contributed by atoms with Crippen LogP contribution in [0.5, 0.6) is 0 Å². The lowest BCUT2D eigenvalue weighted by Crippen LogP contribution is -2.26. The highest BCUT2D eigenvalue weighted by Gasteiger charge is 2.32. The van der Waals surface area contributed by atoms with Gasteiger partial charge in [-0.25, -0.2) is 9.50 Å². The SMILES string of the molecule is CCCNC(=O)/C=C/c1cccc(-c2nn3c(C4CCC(C(C)(C)C)CC4)nc(CC)c3c(=O)[nH]2)c1. The molecule has 1 saturated carbocycles. The van der Waals surface area contributed by atoms with Crippen LogP contribution >= 0.6 is 0 Å². The Bertz CT molecular complexity index is 1300. The average Bonchev–Trinajstić information content (AvgIpc) is 3.25. The van der Waals surface area contributed by atoms with E-state index in [4.69, 9.17) is 10.1 Å². The van der Waals surface area contributed by atoms with Gasteiger partial charge in [0.1, 0.15) is 5.82 Å². The minimum Gasteiger partial charge on any atom is -0.353 e. The molecule has 0 aliphatic heterocycles. The van der Waals surface area contributed by atoms with E-state index in [1.807, 2.05) is 38.1 Å². The molecule has 192 valence electrons. The number of hydrogen-bond donors (Lipinski definition) is 2. The molecule has 2 heterocycles. The number of hydrogen-bond acceptors (Lipinski definition) is 4. The predicted molar refractivity (Wildman–Crippen MR) is 145 cm³/mol. The second-order valence-corrected chi connectivity index (χ2v) is 11.0. The largest absolute Gasteiger partial charge is 0.353 e. The van der Waals surface area contributed by atoms with Gasteiger partial charge in [-0.3, -0.25) is 9.59 Å².